The lowest BCUT2D eigenvalue weighted by atomic mass is 10.1. The van der Waals surface area contributed by atoms with E-state index in [1.54, 1.807) is 6.92 Å². The van der Waals surface area contributed by atoms with Crippen LogP contribution in [0.3, 0.4) is 0 Å². The van der Waals surface area contributed by atoms with Gasteiger partial charge in [-0.05, 0) is 31.5 Å². The molecule has 128 valence electrons. The van der Waals surface area contributed by atoms with E-state index in [-0.39, 0.29) is 5.89 Å². The quantitative estimate of drug-likeness (QED) is 0.785. The first-order chi connectivity index (χ1) is 11.7. The number of carbonyl (C=O) groups excluding carboxylic acids is 1. The summed E-state index contributed by atoms with van der Waals surface area (Å²) >= 11 is 0. The third kappa shape index (κ3) is 3.76. The molecule has 0 atom stereocenters. The van der Waals surface area contributed by atoms with Crippen LogP contribution in [0.25, 0.3) is 0 Å². The summed E-state index contributed by atoms with van der Waals surface area (Å²) in [6.07, 6.45) is 0.618. The van der Waals surface area contributed by atoms with Crippen molar-refractivity contribution < 1.29 is 18.7 Å². The smallest absolute Gasteiger partial charge is 0.394 e. The van der Waals surface area contributed by atoms with Crippen molar-refractivity contribution in [2.24, 2.45) is 0 Å². The Morgan fingerprint density at radius 1 is 1.33 bits per heavy atom. The molecule has 0 spiro atoms. The van der Waals surface area contributed by atoms with E-state index in [1.807, 2.05) is 13.0 Å². The number of nitrogens with zero attached hydrogens (tertiary/aromatic N) is 2. The van der Waals surface area contributed by atoms with Crippen LogP contribution in [-0.2, 0) is 15.9 Å². The van der Waals surface area contributed by atoms with Gasteiger partial charge >= 0.3 is 11.9 Å². The van der Waals surface area contributed by atoms with Crippen molar-refractivity contribution in [3.8, 4) is 0 Å². The van der Waals surface area contributed by atoms with Crippen molar-refractivity contribution in [3.05, 3.63) is 47.2 Å². The Morgan fingerprint density at radius 2 is 2.12 bits per heavy atom. The van der Waals surface area contributed by atoms with Gasteiger partial charge in [-0.25, -0.2) is 9.78 Å². The van der Waals surface area contributed by atoms with Gasteiger partial charge in [0.2, 0.25) is 0 Å². The number of anilines is 1. The number of morpholine rings is 1. The molecule has 0 bridgehead atoms. The molecular weight excluding hydrogens is 308 g/mol. The van der Waals surface area contributed by atoms with Crippen molar-refractivity contribution in [1.82, 2.24) is 4.98 Å². The minimum Gasteiger partial charge on any atom is -0.459 e. The van der Waals surface area contributed by atoms with E-state index in [1.165, 1.54) is 5.69 Å². The Balaban J connectivity index is 1.75. The van der Waals surface area contributed by atoms with Gasteiger partial charge in [0.25, 0.3) is 0 Å². The number of rotatable bonds is 5. The number of aromatic nitrogens is 1. The first kappa shape index (κ1) is 16.5. The van der Waals surface area contributed by atoms with Crippen LogP contribution in [0.15, 0.2) is 28.7 Å². The maximum Gasteiger partial charge on any atom is 0.394 e. The summed E-state index contributed by atoms with van der Waals surface area (Å²) < 4.78 is 15.8. The number of oxazole rings is 1. The lowest BCUT2D eigenvalue weighted by molar-refractivity contribution is 0.0479. The van der Waals surface area contributed by atoms with Gasteiger partial charge in [0.1, 0.15) is 5.76 Å². The largest absolute Gasteiger partial charge is 0.459 e. The summed E-state index contributed by atoms with van der Waals surface area (Å²) in [6, 6.07) is 8.36. The normalized spacial score (nSPS) is 14.7. The highest BCUT2D eigenvalue weighted by molar-refractivity contribution is 5.84. The minimum atomic E-state index is -0.520. The van der Waals surface area contributed by atoms with Gasteiger partial charge in [-0.2, -0.15) is 0 Å². The van der Waals surface area contributed by atoms with Crippen LogP contribution >= 0.6 is 0 Å². The molecule has 1 aromatic carbocycles. The van der Waals surface area contributed by atoms with Crippen LogP contribution in [-0.4, -0.2) is 43.9 Å². The lowest BCUT2D eigenvalue weighted by Crippen LogP contribution is -2.36. The van der Waals surface area contributed by atoms with Gasteiger partial charge in [0.15, 0.2) is 0 Å². The predicted octanol–water partition coefficient (Wildman–Crippen LogP) is 2.59. The number of carbonyl (C=O) groups is 1. The average molecular weight is 330 g/mol. The highest BCUT2D eigenvalue weighted by Gasteiger charge is 2.18. The van der Waals surface area contributed by atoms with Crippen molar-refractivity contribution >= 4 is 11.7 Å². The molecule has 0 radical (unpaired) electrons. The Morgan fingerprint density at radius 3 is 2.88 bits per heavy atom. The van der Waals surface area contributed by atoms with Crippen LogP contribution in [0.5, 0.6) is 0 Å². The van der Waals surface area contributed by atoms with E-state index in [2.05, 4.69) is 28.1 Å². The maximum absolute atomic E-state index is 11.7. The Labute approximate surface area is 141 Å². The second-order valence-corrected chi connectivity index (χ2v) is 5.69. The standard InChI is InChI=1S/C18H22N2O4/c1-3-23-18(21)17-19-16(13(2)24-17)12-14-5-4-6-15(11-14)20-7-9-22-10-8-20/h4-6,11H,3,7-10,12H2,1-2H3. The summed E-state index contributed by atoms with van der Waals surface area (Å²) in [7, 11) is 0. The van der Waals surface area contributed by atoms with E-state index >= 15 is 0 Å². The summed E-state index contributed by atoms with van der Waals surface area (Å²) in [4.78, 5) is 18.3. The van der Waals surface area contributed by atoms with Gasteiger partial charge in [0.05, 0.1) is 25.5 Å². The highest BCUT2D eigenvalue weighted by atomic mass is 16.5. The van der Waals surface area contributed by atoms with Crippen LogP contribution in [0, 0.1) is 6.92 Å². The molecule has 1 aliphatic rings. The monoisotopic (exact) mass is 330 g/mol. The molecular formula is C18H22N2O4. The molecule has 24 heavy (non-hydrogen) atoms. The topological polar surface area (TPSA) is 64.8 Å². The molecule has 0 saturated carbocycles. The molecule has 0 amide bonds. The van der Waals surface area contributed by atoms with Gasteiger partial charge in [0, 0.05) is 25.2 Å². The predicted molar refractivity (Wildman–Crippen MR) is 89.5 cm³/mol. The number of ether oxygens (including phenoxy) is 2. The summed E-state index contributed by atoms with van der Waals surface area (Å²) in [5, 5.41) is 0. The van der Waals surface area contributed by atoms with E-state index in [0.29, 0.717) is 18.8 Å². The number of benzene rings is 1. The zero-order valence-electron chi connectivity index (χ0n) is 14.1. The molecule has 6 heteroatoms. The van der Waals surface area contributed by atoms with Crippen molar-refractivity contribution in [2.75, 3.05) is 37.8 Å². The van der Waals surface area contributed by atoms with Crippen LogP contribution in [0.4, 0.5) is 5.69 Å². The molecule has 1 aromatic heterocycles. The van der Waals surface area contributed by atoms with Crippen molar-refractivity contribution in [2.45, 2.75) is 20.3 Å². The lowest BCUT2D eigenvalue weighted by Gasteiger charge is -2.29. The van der Waals surface area contributed by atoms with Crippen molar-refractivity contribution in [1.29, 1.82) is 0 Å². The summed E-state index contributed by atoms with van der Waals surface area (Å²) in [5.74, 6) is 0.150. The molecule has 3 rings (SSSR count). The molecule has 6 nitrogen and oxygen atoms in total. The van der Waals surface area contributed by atoms with E-state index in [0.717, 1.165) is 37.6 Å². The molecule has 1 aliphatic heterocycles. The van der Waals surface area contributed by atoms with Gasteiger partial charge in [-0.3, -0.25) is 0 Å². The zero-order chi connectivity index (χ0) is 16.9. The fourth-order valence-corrected chi connectivity index (χ4v) is 2.75. The Bertz CT molecular complexity index is 705. The van der Waals surface area contributed by atoms with Crippen LogP contribution in [0.2, 0.25) is 0 Å². The Hall–Kier alpha value is -2.34. The van der Waals surface area contributed by atoms with Gasteiger partial charge < -0.3 is 18.8 Å². The summed E-state index contributed by atoms with van der Waals surface area (Å²) in [6.45, 7) is 7.20. The first-order valence-electron chi connectivity index (χ1n) is 8.22. The van der Waals surface area contributed by atoms with Crippen LogP contribution < -0.4 is 4.90 Å². The number of hydrogen-bond donors (Lipinski definition) is 0. The van der Waals surface area contributed by atoms with Gasteiger partial charge in [-0.1, -0.05) is 12.1 Å². The second-order valence-electron chi connectivity index (χ2n) is 5.69. The molecule has 1 saturated heterocycles. The fraction of sp³-hybridized carbons (Fsp3) is 0.444. The van der Waals surface area contributed by atoms with Gasteiger partial charge in [-0.15, -0.1) is 0 Å². The zero-order valence-corrected chi connectivity index (χ0v) is 14.1. The van der Waals surface area contributed by atoms with Crippen LogP contribution in [0.1, 0.15) is 34.6 Å². The summed E-state index contributed by atoms with van der Waals surface area (Å²) in [5.41, 5.74) is 3.07. The maximum atomic E-state index is 11.7. The van der Waals surface area contributed by atoms with E-state index < -0.39 is 5.97 Å². The second kappa shape index (κ2) is 7.49. The number of hydrogen-bond acceptors (Lipinski definition) is 6. The molecule has 0 N–H and O–H groups in total. The fourth-order valence-electron chi connectivity index (χ4n) is 2.75. The Kier molecular flexibility index (Phi) is 5.15. The van der Waals surface area contributed by atoms with E-state index in [9.17, 15) is 4.79 Å². The molecule has 2 aromatic rings. The number of esters is 1. The molecule has 0 unspecified atom stereocenters. The highest BCUT2D eigenvalue weighted by Crippen LogP contribution is 2.21. The molecule has 0 aliphatic carbocycles. The molecule has 2 heterocycles. The van der Waals surface area contributed by atoms with Crippen molar-refractivity contribution in [3.63, 3.8) is 0 Å². The first-order valence-corrected chi connectivity index (χ1v) is 8.22. The molecule has 1 fully saturated rings. The third-order valence-corrected chi connectivity index (χ3v) is 4.00. The third-order valence-electron chi connectivity index (χ3n) is 4.00. The van der Waals surface area contributed by atoms with E-state index in [4.69, 9.17) is 13.9 Å². The SMILES string of the molecule is CCOC(=O)c1nc(Cc2cccc(N3CCOCC3)c2)c(C)o1. The number of aryl methyl sites for hydroxylation is 1. The average Bonchev–Trinajstić information content (AvgIpc) is 2.97. The minimum absolute atomic E-state index is 0.0219.